The Kier molecular flexibility index (Phi) is 7.53. The third kappa shape index (κ3) is 6.97. The van der Waals surface area contributed by atoms with Gasteiger partial charge in [0, 0.05) is 6.42 Å². The Balaban J connectivity index is 3.02. The number of benzene rings is 1. The van der Waals surface area contributed by atoms with Crippen molar-refractivity contribution in [1.82, 2.24) is 5.32 Å². The summed E-state index contributed by atoms with van der Waals surface area (Å²) in [5.74, 6) is -1.09. The molecule has 0 aliphatic carbocycles. The normalized spacial score (nSPS) is 13.8. The number of nitrogens with one attached hydrogen (secondary N) is 1. The van der Waals surface area contributed by atoms with Crippen LogP contribution < -0.4 is 11.1 Å². The molecule has 1 amide bonds. The molecule has 1 aromatic carbocycles. The van der Waals surface area contributed by atoms with Crippen LogP contribution >= 0.6 is 0 Å². The summed E-state index contributed by atoms with van der Waals surface area (Å²) in [6.07, 6.45) is 1.38. The number of allylic oxidation sites excluding steroid dienone is 1. The fourth-order valence-electron chi connectivity index (χ4n) is 1.90. The van der Waals surface area contributed by atoms with Crippen molar-refractivity contribution >= 4 is 21.7 Å². The van der Waals surface area contributed by atoms with Crippen LogP contribution in [0, 0.1) is 0 Å². The Hall–Kier alpha value is -2.19. The topological polar surface area (TPSA) is 116 Å². The second-order valence-corrected chi connectivity index (χ2v) is 8.71. The monoisotopic (exact) mass is 382 g/mol. The summed E-state index contributed by atoms with van der Waals surface area (Å²) in [7, 11) is -3.94. The Labute approximate surface area is 154 Å². The molecular formula is C18H26N2O5S. The molecule has 1 rings (SSSR count). The minimum Gasteiger partial charge on any atom is -0.460 e. The average Bonchev–Trinajstić information content (AvgIpc) is 2.52. The number of ether oxygens (including phenoxy) is 1. The van der Waals surface area contributed by atoms with Crippen molar-refractivity contribution < 1.29 is 22.7 Å². The minimum absolute atomic E-state index is 0.0148. The van der Waals surface area contributed by atoms with E-state index in [0.717, 1.165) is 0 Å². The SMILES string of the molecule is C[C@H](N)C(=O)NC(=CCCC(=O)OC(C)(C)C)S(=O)(=O)c1ccccc1. The molecule has 0 unspecified atom stereocenters. The summed E-state index contributed by atoms with van der Waals surface area (Å²) in [5, 5.41) is 2.04. The largest absolute Gasteiger partial charge is 0.460 e. The summed E-state index contributed by atoms with van der Waals surface area (Å²) >= 11 is 0. The van der Waals surface area contributed by atoms with E-state index >= 15 is 0 Å². The Bertz CT molecular complexity index is 763. The number of esters is 1. The molecule has 0 spiro atoms. The number of carbonyl (C=O) groups excluding carboxylic acids is 2. The van der Waals surface area contributed by atoms with Crippen LogP contribution in [-0.4, -0.2) is 31.9 Å². The smallest absolute Gasteiger partial charge is 0.306 e. The van der Waals surface area contributed by atoms with Gasteiger partial charge in [-0.3, -0.25) is 9.59 Å². The molecule has 3 N–H and O–H groups in total. The van der Waals surface area contributed by atoms with Crippen LogP contribution in [0.25, 0.3) is 0 Å². The van der Waals surface area contributed by atoms with Crippen molar-refractivity contribution in [2.75, 3.05) is 0 Å². The first-order valence-electron chi connectivity index (χ1n) is 8.22. The van der Waals surface area contributed by atoms with Gasteiger partial charge in [-0.1, -0.05) is 18.2 Å². The summed E-state index contributed by atoms with van der Waals surface area (Å²) in [6, 6.07) is 6.82. The maximum absolute atomic E-state index is 12.8. The number of carbonyl (C=O) groups is 2. The van der Waals surface area contributed by atoms with Crippen LogP contribution in [0.4, 0.5) is 0 Å². The van der Waals surface area contributed by atoms with E-state index in [1.165, 1.54) is 25.1 Å². The van der Waals surface area contributed by atoms with Crippen LogP contribution in [0.5, 0.6) is 0 Å². The highest BCUT2D eigenvalue weighted by Gasteiger charge is 2.24. The molecule has 7 nitrogen and oxygen atoms in total. The predicted octanol–water partition coefficient (Wildman–Crippen LogP) is 1.89. The maximum Gasteiger partial charge on any atom is 0.306 e. The van der Waals surface area contributed by atoms with E-state index in [9.17, 15) is 18.0 Å². The van der Waals surface area contributed by atoms with Gasteiger partial charge in [-0.15, -0.1) is 0 Å². The summed E-state index contributed by atoms with van der Waals surface area (Å²) in [5.41, 5.74) is 4.88. The highest BCUT2D eigenvalue weighted by molar-refractivity contribution is 7.95. The highest BCUT2D eigenvalue weighted by atomic mass is 32.2. The Morgan fingerprint density at radius 2 is 1.81 bits per heavy atom. The van der Waals surface area contributed by atoms with Crippen molar-refractivity contribution in [2.45, 2.75) is 57.1 Å². The fraction of sp³-hybridized carbons (Fsp3) is 0.444. The number of rotatable bonds is 7. The number of sulfone groups is 1. The Morgan fingerprint density at radius 3 is 2.31 bits per heavy atom. The molecule has 0 saturated heterocycles. The second-order valence-electron chi connectivity index (χ2n) is 6.79. The molecule has 144 valence electrons. The molecule has 0 aromatic heterocycles. The zero-order valence-corrected chi connectivity index (χ0v) is 16.3. The van der Waals surface area contributed by atoms with Gasteiger partial charge in [0.2, 0.25) is 15.7 Å². The third-order valence-electron chi connectivity index (χ3n) is 3.10. The zero-order valence-electron chi connectivity index (χ0n) is 15.5. The number of hydrogen-bond acceptors (Lipinski definition) is 6. The van der Waals surface area contributed by atoms with Crippen LogP contribution in [0.3, 0.4) is 0 Å². The van der Waals surface area contributed by atoms with E-state index in [0.29, 0.717) is 0 Å². The maximum atomic E-state index is 12.8. The first-order valence-corrected chi connectivity index (χ1v) is 9.70. The number of hydrogen-bond donors (Lipinski definition) is 2. The lowest BCUT2D eigenvalue weighted by molar-refractivity contribution is -0.154. The molecule has 26 heavy (non-hydrogen) atoms. The van der Waals surface area contributed by atoms with Crippen molar-refractivity contribution in [3.05, 3.63) is 41.4 Å². The first-order chi connectivity index (χ1) is 11.9. The van der Waals surface area contributed by atoms with Gasteiger partial charge in [0.05, 0.1) is 10.9 Å². The van der Waals surface area contributed by atoms with E-state index in [1.54, 1.807) is 39.0 Å². The van der Waals surface area contributed by atoms with E-state index in [1.807, 2.05) is 0 Å². The molecule has 8 heteroatoms. The lowest BCUT2D eigenvalue weighted by atomic mass is 10.2. The van der Waals surface area contributed by atoms with E-state index in [4.69, 9.17) is 10.5 Å². The third-order valence-corrected chi connectivity index (χ3v) is 4.84. The Morgan fingerprint density at radius 1 is 1.23 bits per heavy atom. The molecule has 1 atom stereocenters. The molecular weight excluding hydrogens is 356 g/mol. The van der Waals surface area contributed by atoms with Crippen LogP contribution in [0.2, 0.25) is 0 Å². The van der Waals surface area contributed by atoms with Gasteiger partial charge in [0.25, 0.3) is 0 Å². The number of nitrogens with two attached hydrogens (primary N) is 1. The number of amides is 1. The van der Waals surface area contributed by atoms with Crippen LogP contribution in [0.15, 0.2) is 46.3 Å². The highest BCUT2D eigenvalue weighted by Crippen LogP contribution is 2.18. The van der Waals surface area contributed by atoms with Crippen molar-refractivity contribution in [3.63, 3.8) is 0 Å². The van der Waals surface area contributed by atoms with Gasteiger partial charge in [0.15, 0.2) is 0 Å². The van der Waals surface area contributed by atoms with Gasteiger partial charge in [-0.25, -0.2) is 8.42 Å². The van der Waals surface area contributed by atoms with E-state index < -0.39 is 33.4 Å². The summed E-state index contributed by atoms with van der Waals surface area (Å²) in [4.78, 5) is 23.7. The summed E-state index contributed by atoms with van der Waals surface area (Å²) < 4.78 is 30.7. The van der Waals surface area contributed by atoms with Gasteiger partial charge in [-0.05, 0) is 52.3 Å². The van der Waals surface area contributed by atoms with E-state index in [-0.39, 0.29) is 22.8 Å². The standard InChI is InChI=1S/C18H26N2O5S/c1-13(19)17(22)20-15(11-8-12-16(21)25-18(2,3)4)26(23,24)14-9-6-5-7-10-14/h5-7,9-11,13H,8,12,19H2,1-4H3,(H,20,22)/t13-/m0/s1. The molecule has 0 aliphatic rings. The minimum atomic E-state index is -3.94. The van der Waals surface area contributed by atoms with Crippen LogP contribution in [-0.2, 0) is 24.2 Å². The quantitative estimate of drug-likeness (QED) is 0.696. The zero-order chi connectivity index (χ0) is 20.0. The molecule has 0 fully saturated rings. The van der Waals surface area contributed by atoms with Gasteiger partial charge in [0.1, 0.15) is 10.6 Å². The van der Waals surface area contributed by atoms with Gasteiger partial charge in [-0.2, -0.15) is 0 Å². The summed E-state index contributed by atoms with van der Waals surface area (Å²) in [6.45, 7) is 6.68. The van der Waals surface area contributed by atoms with Gasteiger partial charge >= 0.3 is 5.97 Å². The lowest BCUT2D eigenvalue weighted by Crippen LogP contribution is -2.39. The molecule has 0 bridgehead atoms. The van der Waals surface area contributed by atoms with Crippen molar-refractivity contribution in [2.24, 2.45) is 5.73 Å². The molecule has 0 radical (unpaired) electrons. The first kappa shape index (κ1) is 21.9. The van der Waals surface area contributed by atoms with Crippen molar-refractivity contribution in [3.8, 4) is 0 Å². The van der Waals surface area contributed by atoms with E-state index in [2.05, 4.69) is 5.32 Å². The average molecular weight is 382 g/mol. The second kappa shape index (κ2) is 8.95. The van der Waals surface area contributed by atoms with Crippen molar-refractivity contribution in [1.29, 1.82) is 0 Å². The molecule has 0 saturated carbocycles. The van der Waals surface area contributed by atoms with Crippen LogP contribution in [0.1, 0.15) is 40.5 Å². The molecule has 0 aliphatic heterocycles. The predicted molar refractivity (Wildman–Crippen MR) is 98.6 cm³/mol. The molecule has 0 heterocycles. The fourth-order valence-corrected chi connectivity index (χ4v) is 3.25. The lowest BCUT2D eigenvalue weighted by Gasteiger charge is -2.19. The molecule has 1 aromatic rings. The van der Waals surface area contributed by atoms with Gasteiger partial charge < -0.3 is 15.8 Å².